The van der Waals surface area contributed by atoms with Crippen LogP contribution in [0.2, 0.25) is 16.6 Å². The van der Waals surface area contributed by atoms with Crippen molar-refractivity contribution in [2.45, 2.75) is 76.7 Å². The molecule has 2 atom stereocenters. The molecule has 1 saturated heterocycles. The molecular formula is C33H46N2O8Si. The molecule has 2 amide bonds. The van der Waals surface area contributed by atoms with Gasteiger partial charge in [-0.3, -0.25) is 10.1 Å². The molecule has 3 rings (SSSR count). The predicted octanol–water partition coefficient (Wildman–Crippen LogP) is 6.42. The van der Waals surface area contributed by atoms with Crippen LogP contribution in [0.15, 0.2) is 55.1 Å². The maximum atomic E-state index is 14.1. The number of rotatable bonds is 13. The summed E-state index contributed by atoms with van der Waals surface area (Å²) in [6.45, 7) is 16.2. The van der Waals surface area contributed by atoms with Gasteiger partial charge in [-0.1, -0.05) is 72.4 Å². The quantitative estimate of drug-likeness (QED) is 0.148. The predicted molar refractivity (Wildman–Crippen MR) is 172 cm³/mol. The van der Waals surface area contributed by atoms with Crippen LogP contribution >= 0.6 is 0 Å². The molecule has 10 nitrogen and oxygen atoms in total. The van der Waals surface area contributed by atoms with Crippen molar-refractivity contribution in [1.82, 2.24) is 4.90 Å². The number of aliphatic hydroxyl groups is 1. The van der Waals surface area contributed by atoms with Crippen molar-refractivity contribution >= 4 is 32.0 Å². The minimum absolute atomic E-state index is 0.0220. The lowest BCUT2D eigenvalue weighted by atomic mass is 10.1. The standard InChI is InChI=1S/C33H46N2O8Si/c1-9-15-41-33(39)34-28-18-30(43-44(21(2)3,22(4)5)23(6)7)29(40-8)17-27(28)31(37)35-19-26(16-25(35)20-36)42-32(38)24-13-11-10-12-14-24/h9-14,17-18,21-23,25-26,36H,1,15-16,19-20H2,2-8H3,(H,34,39)/t25-,26-/m0/s1. The largest absolute Gasteiger partial charge is 0.540 e. The highest BCUT2D eigenvalue weighted by Crippen LogP contribution is 2.46. The van der Waals surface area contributed by atoms with E-state index in [4.69, 9.17) is 18.6 Å². The van der Waals surface area contributed by atoms with Crippen molar-refractivity contribution < 1.29 is 38.1 Å². The van der Waals surface area contributed by atoms with Gasteiger partial charge in [0.2, 0.25) is 0 Å². The lowest BCUT2D eigenvalue weighted by Crippen LogP contribution is -2.50. The van der Waals surface area contributed by atoms with Crippen LogP contribution in [-0.2, 0) is 9.47 Å². The molecule has 11 heteroatoms. The van der Waals surface area contributed by atoms with Crippen LogP contribution < -0.4 is 14.5 Å². The van der Waals surface area contributed by atoms with Gasteiger partial charge in [0.25, 0.3) is 14.2 Å². The van der Waals surface area contributed by atoms with E-state index in [-0.39, 0.29) is 54.1 Å². The van der Waals surface area contributed by atoms with Crippen molar-refractivity contribution in [3.63, 3.8) is 0 Å². The molecule has 1 aliphatic rings. The Morgan fingerprint density at radius 2 is 1.68 bits per heavy atom. The van der Waals surface area contributed by atoms with E-state index in [0.717, 1.165) is 0 Å². The SMILES string of the molecule is C=CCOC(=O)Nc1cc(O[Si](C(C)C)(C(C)C)C(C)C)c(OC)cc1C(=O)N1C[C@@H](OC(=O)c2ccccc2)C[C@H]1CO. The van der Waals surface area contributed by atoms with E-state index in [1.807, 2.05) is 0 Å². The van der Waals surface area contributed by atoms with Gasteiger partial charge in [0.1, 0.15) is 18.5 Å². The lowest BCUT2D eigenvalue weighted by Gasteiger charge is -2.42. The van der Waals surface area contributed by atoms with E-state index < -0.39 is 38.4 Å². The van der Waals surface area contributed by atoms with E-state index in [2.05, 4.69) is 53.4 Å². The first-order chi connectivity index (χ1) is 20.9. The Hall–Kier alpha value is -3.83. The Balaban J connectivity index is 2.02. The number of carbonyl (C=O) groups excluding carboxylic acids is 3. The van der Waals surface area contributed by atoms with Crippen molar-refractivity contribution in [1.29, 1.82) is 0 Å². The van der Waals surface area contributed by atoms with Gasteiger partial charge < -0.3 is 28.6 Å². The zero-order chi connectivity index (χ0) is 32.6. The maximum Gasteiger partial charge on any atom is 0.411 e. The van der Waals surface area contributed by atoms with Gasteiger partial charge in [0.05, 0.1) is 43.1 Å². The van der Waals surface area contributed by atoms with E-state index >= 15 is 0 Å². The summed E-state index contributed by atoms with van der Waals surface area (Å²) >= 11 is 0. The zero-order valence-corrected chi connectivity index (χ0v) is 27.8. The number of nitrogens with one attached hydrogen (secondary N) is 1. The summed E-state index contributed by atoms with van der Waals surface area (Å²) in [5.74, 6) is -0.235. The molecule has 0 unspecified atom stereocenters. The number of likely N-dealkylation sites (tertiary alicyclic amines) is 1. The molecule has 0 bridgehead atoms. The van der Waals surface area contributed by atoms with Crippen LogP contribution in [-0.4, -0.2) is 75.3 Å². The first kappa shape index (κ1) is 34.7. The number of anilines is 1. The second-order valence-electron chi connectivity index (χ2n) is 11.9. The van der Waals surface area contributed by atoms with Gasteiger partial charge >= 0.3 is 12.1 Å². The fourth-order valence-corrected chi connectivity index (χ4v) is 11.5. The molecular weight excluding hydrogens is 580 g/mol. The van der Waals surface area contributed by atoms with Crippen LogP contribution in [0.3, 0.4) is 0 Å². The monoisotopic (exact) mass is 626 g/mol. The molecule has 1 aliphatic heterocycles. The fraction of sp³-hybridized carbons (Fsp3) is 0.485. The topological polar surface area (TPSA) is 124 Å². The van der Waals surface area contributed by atoms with Crippen LogP contribution in [0, 0.1) is 0 Å². The molecule has 0 aromatic heterocycles. The highest BCUT2D eigenvalue weighted by molar-refractivity contribution is 6.78. The second kappa shape index (κ2) is 15.2. The first-order valence-electron chi connectivity index (χ1n) is 15.0. The summed E-state index contributed by atoms with van der Waals surface area (Å²) in [5.41, 5.74) is 1.45. The van der Waals surface area contributed by atoms with Gasteiger partial charge in [-0.05, 0) is 34.8 Å². The van der Waals surface area contributed by atoms with E-state index in [1.54, 1.807) is 42.5 Å². The Morgan fingerprint density at radius 3 is 2.23 bits per heavy atom. The Bertz CT molecular complexity index is 1290. The van der Waals surface area contributed by atoms with Gasteiger partial charge in [0, 0.05) is 12.5 Å². The molecule has 44 heavy (non-hydrogen) atoms. The number of esters is 1. The molecule has 0 radical (unpaired) electrons. The van der Waals surface area contributed by atoms with Crippen molar-refractivity contribution in [2.24, 2.45) is 0 Å². The molecule has 2 aromatic rings. The average molecular weight is 627 g/mol. The summed E-state index contributed by atoms with van der Waals surface area (Å²) in [7, 11) is -0.957. The third kappa shape index (κ3) is 7.62. The number of ether oxygens (including phenoxy) is 3. The number of amides is 2. The first-order valence-corrected chi connectivity index (χ1v) is 17.2. The van der Waals surface area contributed by atoms with Crippen LogP contribution in [0.1, 0.15) is 68.7 Å². The normalized spacial score (nSPS) is 16.7. The lowest BCUT2D eigenvalue weighted by molar-refractivity contribution is 0.0315. The van der Waals surface area contributed by atoms with Gasteiger partial charge in [0.15, 0.2) is 5.75 Å². The smallest absolute Gasteiger partial charge is 0.411 e. The van der Waals surface area contributed by atoms with Crippen molar-refractivity contribution in [3.8, 4) is 11.5 Å². The molecule has 240 valence electrons. The van der Waals surface area contributed by atoms with Crippen LogP contribution in [0.4, 0.5) is 10.5 Å². The molecule has 1 heterocycles. The van der Waals surface area contributed by atoms with Gasteiger partial charge in [-0.2, -0.15) is 0 Å². The molecule has 2 aromatic carbocycles. The molecule has 2 N–H and O–H groups in total. The zero-order valence-electron chi connectivity index (χ0n) is 26.8. The minimum Gasteiger partial charge on any atom is -0.540 e. The third-order valence-electron chi connectivity index (χ3n) is 8.23. The maximum absolute atomic E-state index is 14.1. The summed E-state index contributed by atoms with van der Waals surface area (Å²) in [5, 5.41) is 12.9. The summed E-state index contributed by atoms with van der Waals surface area (Å²) in [6.07, 6.45) is 0.297. The third-order valence-corrected chi connectivity index (χ3v) is 14.2. The van der Waals surface area contributed by atoms with Gasteiger partial charge in [-0.15, -0.1) is 0 Å². The van der Waals surface area contributed by atoms with E-state index in [1.165, 1.54) is 18.1 Å². The number of hydrogen-bond acceptors (Lipinski definition) is 8. The summed E-state index contributed by atoms with van der Waals surface area (Å²) in [6, 6.07) is 11.1. The van der Waals surface area contributed by atoms with E-state index in [0.29, 0.717) is 17.1 Å². The second-order valence-corrected chi connectivity index (χ2v) is 17.3. The van der Waals surface area contributed by atoms with Crippen molar-refractivity contribution in [2.75, 3.05) is 32.2 Å². The van der Waals surface area contributed by atoms with E-state index in [9.17, 15) is 19.5 Å². The molecule has 1 fully saturated rings. The molecule has 0 aliphatic carbocycles. The molecule has 0 saturated carbocycles. The fourth-order valence-electron chi connectivity index (χ4n) is 6.23. The van der Waals surface area contributed by atoms with Crippen molar-refractivity contribution in [3.05, 3.63) is 66.2 Å². The summed E-state index contributed by atoms with van der Waals surface area (Å²) in [4.78, 5) is 41.0. The number of nitrogens with zero attached hydrogens (tertiary/aromatic N) is 1. The average Bonchev–Trinajstić information content (AvgIpc) is 3.41. The highest BCUT2D eigenvalue weighted by Gasteiger charge is 2.48. The number of methoxy groups -OCH3 is 1. The highest BCUT2D eigenvalue weighted by atomic mass is 28.4. The van der Waals surface area contributed by atoms with Gasteiger partial charge in [-0.25, -0.2) is 9.59 Å². The number of benzene rings is 2. The number of aliphatic hydroxyl groups excluding tert-OH is 1. The van der Waals surface area contributed by atoms with Crippen LogP contribution in [0.5, 0.6) is 11.5 Å². The Labute approximate surface area is 261 Å². The number of hydrogen-bond donors (Lipinski definition) is 2. The Kier molecular flexibility index (Phi) is 12.0. The minimum atomic E-state index is -2.45. The Morgan fingerprint density at radius 1 is 1.05 bits per heavy atom. The van der Waals surface area contributed by atoms with Crippen LogP contribution in [0.25, 0.3) is 0 Å². The molecule has 0 spiro atoms. The number of carbonyl (C=O) groups is 3. The summed E-state index contributed by atoms with van der Waals surface area (Å²) < 4.78 is 23.5.